The van der Waals surface area contributed by atoms with Crippen molar-refractivity contribution in [2.75, 3.05) is 31.5 Å². The Hall–Kier alpha value is -3.68. The van der Waals surface area contributed by atoms with Gasteiger partial charge in [-0.25, -0.2) is 0 Å². The number of esters is 2. The molecule has 0 spiro atoms. The van der Waals surface area contributed by atoms with E-state index in [1.807, 2.05) is 49.0 Å². The van der Waals surface area contributed by atoms with Crippen LogP contribution in [0.4, 0.5) is 0 Å². The smallest absolute Gasteiger partial charge is 0.875 e. The second kappa shape index (κ2) is 36.2. The van der Waals surface area contributed by atoms with E-state index in [9.17, 15) is 29.1 Å². The number of benzene rings is 3. The van der Waals surface area contributed by atoms with Crippen molar-refractivity contribution in [1.82, 2.24) is 0 Å². The minimum Gasteiger partial charge on any atom is -0.875 e. The first-order valence-corrected chi connectivity index (χ1v) is 21.4. The number of ether oxygens (including phenoxy) is 2. The molecule has 0 saturated heterocycles. The number of hydrogen-bond donors (Lipinski definition) is 0. The summed E-state index contributed by atoms with van der Waals surface area (Å²) in [4.78, 5) is 73.9. The van der Waals surface area contributed by atoms with Gasteiger partial charge in [-0.1, -0.05) is 66.1 Å². The average Bonchev–Trinajstić information content (AvgIpc) is 3.20. The van der Waals surface area contributed by atoms with Crippen LogP contribution in [0.15, 0.2) is 111 Å². The fourth-order valence-electron chi connectivity index (χ4n) is 4.72. The van der Waals surface area contributed by atoms with Crippen LogP contribution in [0.2, 0.25) is 0 Å². The molecule has 2 unspecified atom stereocenters. The Morgan fingerprint density at radius 2 is 1.19 bits per heavy atom. The number of thioether (sulfide) groups is 3. The summed E-state index contributed by atoms with van der Waals surface area (Å²) in [6.45, 7) is 9.52. The summed E-state index contributed by atoms with van der Waals surface area (Å²) in [6, 6.07) is 25.0. The standard InChI is InChI=1S/C17H20O4S.C13H16OS.C10H12OS.C4H8O2.CO2.Na/c1-11-3-5-14(6-4-11)22-8-7-12-9-13(18)10-15(19)16(12)17(20)21-2;1-11-6-8-13(9-7-11)15-10-4-3-5-12(2)14;1-9-3-5-10(6-4-9)12-8-2-7-11;1-3-4(5)6-2;2-1-3;/h3-6,10,12,16,19H,7-9H2,1-2H3;3,5-9H,4,10H2,1-2H3;3-7H,2,8H2,1H3;3H2,1-2H3;;/q;;;;;+1/p-1/b;5-3+;;;;. The molecule has 0 radical (unpaired) electrons. The number of ketones is 2. The van der Waals surface area contributed by atoms with Crippen LogP contribution >= 0.6 is 35.3 Å². The van der Waals surface area contributed by atoms with E-state index in [1.54, 1.807) is 43.4 Å². The molecule has 0 saturated carbocycles. The summed E-state index contributed by atoms with van der Waals surface area (Å²) in [6.07, 6.45) is 8.72. The van der Waals surface area contributed by atoms with Crippen LogP contribution in [0.1, 0.15) is 62.6 Å². The molecule has 0 fully saturated rings. The molecule has 1 aliphatic rings. The molecule has 0 amide bonds. The van der Waals surface area contributed by atoms with Crippen molar-refractivity contribution in [3.05, 3.63) is 113 Å². The number of rotatable bonds is 15. The molecular weight excluding hydrogens is 820 g/mol. The molecule has 0 N–H and O–H groups in total. The van der Waals surface area contributed by atoms with Gasteiger partial charge < -0.3 is 19.4 Å². The molecule has 10 nitrogen and oxygen atoms in total. The predicted octanol–water partition coefficient (Wildman–Crippen LogP) is 5.39. The Balaban J connectivity index is 0. The number of carbonyl (C=O) groups is 5. The Labute approximate surface area is 384 Å². The molecule has 2 atom stereocenters. The molecule has 4 rings (SSSR count). The van der Waals surface area contributed by atoms with E-state index in [4.69, 9.17) is 14.3 Å². The third kappa shape index (κ3) is 29.2. The Morgan fingerprint density at radius 1 is 0.763 bits per heavy atom. The Morgan fingerprint density at radius 3 is 1.54 bits per heavy atom. The van der Waals surface area contributed by atoms with Gasteiger partial charge in [-0.05, 0) is 101 Å². The molecule has 0 heterocycles. The normalized spacial score (nSPS) is 13.6. The van der Waals surface area contributed by atoms with Crippen molar-refractivity contribution in [2.24, 2.45) is 11.8 Å². The third-order valence-corrected chi connectivity index (χ3v) is 10.9. The number of methoxy groups -OCH3 is 2. The van der Waals surface area contributed by atoms with Crippen molar-refractivity contribution in [2.45, 2.75) is 81.4 Å². The maximum Gasteiger partial charge on any atom is 1.00 e. The van der Waals surface area contributed by atoms with E-state index in [-0.39, 0.29) is 65.6 Å². The van der Waals surface area contributed by atoms with Gasteiger partial charge in [-0.3, -0.25) is 19.2 Å². The van der Waals surface area contributed by atoms with Crippen LogP contribution in [0, 0.1) is 32.6 Å². The predicted molar refractivity (Wildman–Crippen MR) is 229 cm³/mol. The molecular formula is C45H55NaO10S3. The second-order valence-electron chi connectivity index (χ2n) is 12.5. The zero-order valence-electron chi connectivity index (χ0n) is 35.4. The van der Waals surface area contributed by atoms with Gasteiger partial charge in [0.05, 0.1) is 20.1 Å². The largest absolute Gasteiger partial charge is 1.00 e. The quantitative estimate of drug-likeness (QED) is 0.0478. The van der Waals surface area contributed by atoms with Gasteiger partial charge in [-0.2, -0.15) is 9.59 Å². The molecule has 3 aromatic carbocycles. The molecule has 1 aliphatic carbocycles. The van der Waals surface area contributed by atoms with Crippen molar-refractivity contribution in [3.8, 4) is 0 Å². The molecule has 0 aliphatic heterocycles. The Kier molecular flexibility index (Phi) is 35.2. The van der Waals surface area contributed by atoms with Crippen molar-refractivity contribution >= 4 is 71.2 Å². The van der Waals surface area contributed by atoms with E-state index >= 15 is 0 Å². The Bertz CT molecular complexity index is 1750. The topological polar surface area (TPSA) is 161 Å². The summed E-state index contributed by atoms with van der Waals surface area (Å²) >= 11 is 5.20. The number of carbonyl (C=O) groups excluding carboxylic acids is 7. The summed E-state index contributed by atoms with van der Waals surface area (Å²) < 4.78 is 8.97. The summed E-state index contributed by atoms with van der Waals surface area (Å²) in [5.41, 5.74) is 3.76. The van der Waals surface area contributed by atoms with Gasteiger partial charge >= 0.3 is 47.6 Å². The van der Waals surface area contributed by atoms with Crippen LogP contribution in [-0.2, 0) is 43.0 Å². The molecule has 0 aromatic heterocycles. The van der Waals surface area contributed by atoms with Crippen molar-refractivity contribution in [3.63, 3.8) is 0 Å². The zero-order valence-corrected chi connectivity index (χ0v) is 39.8. The molecule has 59 heavy (non-hydrogen) atoms. The minimum absolute atomic E-state index is 0. The van der Waals surface area contributed by atoms with Crippen LogP contribution in [0.25, 0.3) is 0 Å². The van der Waals surface area contributed by atoms with Gasteiger partial charge in [-0.15, -0.1) is 41.0 Å². The first kappa shape index (κ1) is 57.4. The van der Waals surface area contributed by atoms with Gasteiger partial charge in [0.25, 0.3) is 0 Å². The number of aldehydes is 1. The summed E-state index contributed by atoms with van der Waals surface area (Å²) in [7, 11) is 2.65. The van der Waals surface area contributed by atoms with Crippen LogP contribution in [0.5, 0.6) is 0 Å². The monoisotopic (exact) mass is 874 g/mol. The second-order valence-corrected chi connectivity index (χ2v) is 16.0. The molecule has 314 valence electrons. The van der Waals surface area contributed by atoms with E-state index in [0.29, 0.717) is 19.3 Å². The maximum atomic E-state index is 11.9. The SMILES string of the molecule is CC(=O)/C=C/CCSc1ccc(C)cc1.CCC(=O)OC.COC(=O)C1C([O-])=CC(=O)CC1CCSc1ccc(C)cc1.Cc1ccc(SCCC=O)cc1.O=C=O.[Na+]. The number of hydrogen-bond acceptors (Lipinski definition) is 13. The fraction of sp³-hybridized carbons (Fsp3) is 0.378. The van der Waals surface area contributed by atoms with Crippen LogP contribution < -0.4 is 34.7 Å². The van der Waals surface area contributed by atoms with Gasteiger partial charge in [0.15, 0.2) is 11.6 Å². The van der Waals surface area contributed by atoms with E-state index in [2.05, 4.69) is 67.1 Å². The average molecular weight is 875 g/mol. The molecule has 3 aromatic rings. The number of aryl methyl sites for hydroxylation is 3. The van der Waals surface area contributed by atoms with Crippen LogP contribution in [-0.4, -0.2) is 67.4 Å². The summed E-state index contributed by atoms with van der Waals surface area (Å²) in [5, 5.41) is 11.9. The molecule has 0 bridgehead atoms. The van der Waals surface area contributed by atoms with E-state index < -0.39 is 17.6 Å². The van der Waals surface area contributed by atoms with Gasteiger partial charge in [0.1, 0.15) is 6.29 Å². The van der Waals surface area contributed by atoms with E-state index in [1.165, 1.54) is 40.7 Å². The first-order chi connectivity index (χ1) is 27.7. The number of allylic oxidation sites excluding steroid dienone is 3. The third-order valence-electron chi connectivity index (χ3n) is 7.75. The minimum atomic E-state index is -0.832. The summed E-state index contributed by atoms with van der Waals surface area (Å²) in [5.74, 6) is 0.353. The van der Waals surface area contributed by atoms with Crippen molar-refractivity contribution < 1.29 is 77.7 Å². The van der Waals surface area contributed by atoms with Gasteiger partial charge in [0, 0.05) is 45.5 Å². The fourth-order valence-corrected chi connectivity index (χ4v) is 7.30. The maximum absolute atomic E-state index is 11.9. The van der Waals surface area contributed by atoms with Crippen LogP contribution in [0.3, 0.4) is 0 Å². The van der Waals surface area contributed by atoms with Gasteiger partial charge in [0.2, 0.25) is 0 Å². The molecule has 14 heteroatoms. The van der Waals surface area contributed by atoms with E-state index in [0.717, 1.165) is 40.9 Å². The first-order valence-electron chi connectivity index (χ1n) is 18.5. The zero-order chi connectivity index (χ0) is 43.7. The van der Waals surface area contributed by atoms with Crippen molar-refractivity contribution in [1.29, 1.82) is 0 Å².